The van der Waals surface area contributed by atoms with E-state index in [-0.39, 0.29) is 33.1 Å². The number of nitrogens with zero attached hydrogens (tertiary/aromatic N) is 2. The molecule has 0 heterocycles. The van der Waals surface area contributed by atoms with Crippen molar-refractivity contribution in [3.63, 3.8) is 0 Å². The van der Waals surface area contributed by atoms with Gasteiger partial charge in [0, 0.05) is 13.1 Å². The Morgan fingerprint density at radius 3 is 2.26 bits per heavy atom. The maximum Gasteiger partial charge on any atom is 0.264 e. The number of unbranched alkanes of at least 4 members (excludes halogenated alkanes) is 1. The lowest BCUT2D eigenvalue weighted by Gasteiger charge is -2.32. The highest BCUT2D eigenvalue weighted by atomic mass is 35.5. The summed E-state index contributed by atoms with van der Waals surface area (Å²) < 4.78 is 28.6. The summed E-state index contributed by atoms with van der Waals surface area (Å²) in [4.78, 5) is 28.3. The Balaban J connectivity index is 2.02. The molecule has 7 nitrogen and oxygen atoms in total. The van der Waals surface area contributed by atoms with Gasteiger partial charge in [0.2, 0.25) is 11.8 Å². The van der Waals surface area contributed by atoms with Crippen LogP contribution in [-0.2, 0) is 26.2 Å². The molecule has 10 heteroatoms. The number of anilines is 1. The summed E-state index contributed by atoms with van der Waals surface area (Å²) in [6, 6.07) is 19.1. The van der Waals surface area contributed by atoms with Gasteiger partial charge in [0.1, 0.15) is 12.6 Å². The Hall–Kier alpha value is -3.07. The average molecular weight is 591 g/mol. The summed E-state index contributed by atoms with van der Waals surface area (Å²) in [5.74, 6) is -0.883. The largest absolute Gasteiger partial charge is 0.354 e. The molecular formula is C29H33Cl2N3O4S. The van der Waals surface area contributed by atoms with E-state index in [4.69, 9.17) is 23.2 Å². The van der Waals surface area contributed by atoms with Crippen LogP contribution >= 0.6 is 23.2 Å². The number of hydrogen-bond acceptors (Lipinski definition) is 4. The summed E-state index contributed by atoms with van der Waals surface area (Å²) in [7, 11) is -4.22. The zero-order valence-corrected chi connectivity index (χ0v) is 24.6. The van der Waals surface area contributed by atoms with Gasteiger partial charge < -0.3 is 10.2 Å². The molecule has 1 unspecified atom stereocenters. The first-order valence-corrected chi connectivity index (χ1v) is 14.9. The monoisotopic (exact) mass is 589 g/mol. The Bertz CT molecular complexity index is 1380. The Morgan fingerprint density at radius 2 is 1.62 bits per heavy atom. The molecule has 0 saturated heterocycles. The van der Waals surface area contributed by atoms with Crippen molar-refractivity contribution in [1.82, 2.24) is 10.2 Å². The number of hydrogen-bond donors (Lipinski definition) is 1. The van der Waals surface area contributed by atoms with E-state index in [9.17, 15) is 18.0 Å². The van der Waals surface area contributed by atoms with Gasteiger partial charge in [0.25, 0.3) is 10.0 Å². The van der Waals surface area contributed by atoms with Crippen molar-refractivity contribution in [1.29, 1.82) is 0 Å². The number of carbonyl (C=O) groups is 2. The highest BCUT2D eigenvalue weighted by molar-refractivity contribution is 7.92. The van der Waals surface area contributed by atoms with Gasteiger partial charge in [-0.15, -0.1) is 0 Å². The Morgan fingerprint density at radius 1 is 0.949 bits per heavy atom. The molecular weight excluding hydrogens is 557 g/mol. The molecule has 0 bridgehead atoms. The molecule has 3 aromatic carbocycles. The second-order valence-corrected chi connectivity index (χ2v) is 11.9. The number of benzene rings is 3. The molecule has 0 aromatic heterocycles. The lowest BCUT2D eigenvalue weighted by atomic mass is 10.1. The molecule has 0 spiro atoms. The fraction of sp³-hybridized carbons (Fsp3) is 0.310. The SMILES string of the molecule is CCCCNC(=O)C(C)N(Cc1ccc(C)cc1)C(=O)CN(c1cccc(Cl)c1Cl)S(=O)(=O)c1ccccc1. The third-order valence-electron chi connectivity index (χ3n) is 6.28. The Labute approximate surface area is 240 Å². The number of carbonyl (C=O) groups excluding carboxylic acids is 2. The van der Waals surface area contributed by atoms with Crippen LogP contribution in [-0.4, -0.2) is 44.3 Å². The average Bonchev–Trinajstić information content (AvgIpc) is 2.93. The lowest BCUT2D eigenvalue weighted by molar-refractivity contribution is -0.139. The number of halogens is 2. The molecule has 0 aliphatic carbocycles. The van der Waals surface area contributed by atoms with E-state index in [0.29, 0.717) is 6.54 Å². The normalized spacial score (nSPS) is 12.0. The summed E-state index contributed by atoms with van der Waals surface area (Å²) in [5, 5.41) is 3.02. The van der Waals surface area contributed by atoms with Crippen LogP contribution in [0, 0.1) is 6.92 Å². The zero-order valence-electron chi connectivity index (χ0n) is 22.2. The highest BCUT2D eigenvalue weighted by Crippen LogP contribution is 2.35. The molecule has 1 N–H and O–H groups in total. The van der Waals surface area contributed by atoms with E-state index in [1.54, 1.807) is 31.2 Å². The molecule has 1 atom stereocenters. The van der Waals surface area contributed by atoms with Gasteiger partial charge in [-0.25, -0.2) is 8.42 Å². The van der Waals surface area contributed by atoms with Gasteiger partial charge in [-0.1, -0.05) is 90.6 Å². The van der Waals surface area contributed by atoms with Gasteiger partial charge in [-0.05, 0) is 50.1 Å². The first-order chi connectivity index (χ1) is 18.6. The van der Waals surface area contributed by atoms with Crippen LogP contribution in [0.15, 0.2) is 77.7 Å². The fourth-order valence-corrected chi connectivity index (χ4v) is 5.82. The van der Waals surface area contributed by atoms with Gasteiger partial charge in [0.05, 0.1) is 20.6 Å². The number of rotatable bonds is 12. The third-order valence-corrected chi connectivity index (χ3v) is 8.86. The van der Waals surface area contributed by atoms with E-state index in [2.05, 4.69) is 5.32 Å². The summed E-state index contributed by atoms with van der Waals surface area (Å²) in [5.41, 5.74) is 1.93. The van der Waals surface area contributed by atoms with Gasteiger partial charge in [0.15, 0.2) is 0 Å². The quantitative estimate of drug-likeness (QED) is 0.269. The van der Waals surface area contributed by atoms with Crippen LogP contribution in [0.4, 0.5) is 5.69 Å². The van der Waals surface area contributed by atoms with Crippen molar-refractivity contribution in [2.45, 2.75) is 51.1 Å². The predicted molar refractivity (Wildman–Crippen MR) is 157 cm³/mol. The number of sulfonamides is 1. The fourth-order valence-electron chi connectivity index (χ4n) is 3.93. The van der Waals surface area contributed by atoms with Crippen LogP contribution in [0.25, 0.3) is 0 Å². The van der Waals surface area contributed by atoms with Crippen LogP contribution in [0.5, 0.6) is 0 Å². The topological polar surface area (TPSA) is 86.8 Å². The first kappa shape index (κ1) is 30.5. The zero-order chi connectivity index (χ0) is 28.6. The minimum atomic E-state index is -4.22. The second-order valence-electron chi connectivity index (χ2n) is 9.23. The van der Waals surface area contributed by atoms with Crippen LogP contribution in [0.2, 0.25) is 10.0 Å². The van der Waals surface area contributed by atoms with E-state index < -0.39 is 28.5 Å². The minimum Gasteiger partial charge on any atom is -0.354 e. The number of nitrogens with one attached hydrogen (secondary N) is 1. The smallest absolute Gasteiger partial charge is 0.264 e. The van der Waals surface area contributed by atoms with Crippen molar-refractivity contribution in [2.75, 3.05) is 17.4 Å². The van der Waals surface area contributed by atoms with Crippen LogP contribution < -0.4 is 9.62 Å². The van der Waals surface area contributed by atoms with E-state index in [1.165, 1.54) is 29.2 Å². The second kappa shape index (κ2) is 13.8. The number of aryl methyl sites for hydroxylation is 1. The highest BCUT2D eigenvalue weighted by Gasteiger charge is 2.33. The first-order valence-electron chi connectivity index (χ1n) is 12.7. The van der Waals surface area contributed by atoms with Gasteiger partial charge in [-0.3, -0.25) is 13.9 Å². The minimum absolute atomic E-state index is 0.00177. The summed E-state index contributed by atoms with van der Waals surface area (Å²) in [6.07, 6.45) is 1.72. The standard InChI is InChI=1S/C29H33Cl2N3O4S/c1-4-5-18-32-29(36)22(3)33(19-23-16-14-21(2)15-17-23)27(35)20-34(26-13-9-12-25(30)28(26)31)39(37,38)24-10-7-6-8-11-24/h6-17,22H,4-5,18-20H2,1-3H3,(H,32,36). The van der Waals surface area contributed by atoms with Crippen molar-refractivity contribution < 1.29 is 18.0 Å². The molecule has 0 fully saturated rings. The molecule has 2 amide bonds. The maximum absolute atomic E-state index is 13.9. The molecule has 0 saturated carbocycles. The molecule has 208 valence electrons. The lowest BCUT2D eigenvalue weighted by Crippen LogP contribution is -2.51. The van der Waals surface area contributed by atoms with Crippen molar-refractivity contribution in [3.05, 3.63) is 94.0 Å². The van der Waals surface area contributed by atoms with Crippen molar-refractivity contribution >= 4 is 50.7 Å². The van der Waals surface area contributed by atoms with Crippen LogP contribution in [0.3, 0.4) is 0 Å². The molecule has 0 aliphatic heterocycles. The van der Waals surface area contributed by atoms with Crippen molar-refractivity contribution in [2.24, 2.45) is 0 Å². The molecule has 39 heavy (non-hydrogen) atoms. The number of amides is 2. The van der Waals surface area contributed by atoms with Crippen molar-refractivity contribution in [3.8, 4) is 0 Å². The van der Waals surface area contributed by atoms with E-state index >= 15 is 0 Å². The molecule has 0 aliphatic rings. The van der Waals surface area contributed by atoms with E-state index in [1.807, 2.05) is 38.1 Å². The van der Waals surface area contributed by atoms with E-state index in [0.717, 1.165) is 28.3 Å². The maximum atomic E-state index is 13.9. The molecule has 0 radical (unpaired) electrons. The van der Waals surface area contributed by atoms with Gasteiger partial charge >= 0.3 is 0 Å². The summed E-state index contributed by atoms with van der Waals surface area (Å²) in [6.45, 7) is 5.62. The van der Waals surface area contributed by atoms with Gasteiger partial charge in [-0.2, -0.15) is 0 Å². The predicted octanol–water partition coefficient (Wildman–Crippen LogP) is 5.83. The molecule has 3 aromatic rings. The van der Waals surface area contributed by atoms with Crippen LogP contribution in [0.1, 0.15) is 37.8 Å². The third kappa shape index (κ3) is 7.75. The molecule has 3 rings (SSSR count). The summed E-state index contributed by atoms with van der Waals surface area (Å²) >= 11 is 12.7. The Kier molecular flexibility index (Phi) is 10.8.